The summed E-state index contributed by atoms with van der Waals surface area (Å²) in [6.45, 7) is 7.00. The number of piperidine rings is 1. The Morgan fingerprint density at radius 2 is 2.10 bits per heavy atom. The fraction of sp³-hybridized carbons (Fsp3) is 0.391. The number of carbonyl (C=O) groups excluding carboxylic acids is 1. The highest BCUT2D eigenvalue weighted by atomic mass is 16.6. The Kier molecular flexibility index (Phi) is 7.64. The molecule has 6 nitrogen and oxygen atoms in total. The van der Waals surface area contributed by atoms with Crippen molar-refractivity contribution in [3.63, 3.8) is 0 Å². The molecule has 0 aliphatic carbocycles. The first kappa shape index (κ1) is 20.9. The highest BCUT2D eigenvalue weighted by molar-refractivity contribution is 5.78. The van der Waals surface area contributed by atoms with Gasteiger partial charge in [0.1, 0.15) is 17.1 Å². The van der Waals surface area contributed by atoms with Gasteiger partial charge in [-0.05, 0) is 70.1 Å². The number of aromatic nitrogens is 1. The molecule has 0 amide bonds. The van der Waals surface area contributed by atoms with Crippen molar-refractivity contribution in [2.45, 2.75) is 26.7 Å². The maximum Gasteiger partial charge on any atom is 0.400 e. The van der Waals surface area contributed by atoms with Crippen LogP contribution in [0.4, 0.5) is 0 Å². The lowest BCUT2D eigenvalue weighted by Crippen LogP contribution is -2.37. The Hall–Kier alpha value is -2.86. The fourth-order valence-corrected chi connectivity index (χ4v) is 3.29. The number of ketones is 1. The van der Waals surface area contributed by atoms with Crippen molar-refractivity contribution < 1.29 is 18.7 Å². The van der Waals surface area contributed by atoms with Crippen molar-refractivity contribution in [1.82, 2.24) is 9.88 Å². The molecule has 1 aliphatic rings. The highest BCUT2D eigenvalue weighted by Crippen LogP contribution is 2.22. The van der Waals surface area contributed by atoms with Gasteiger partial charge in [0.25, 0.3) is 0 Å². The zero-order chi connectivity index (χ0) is 20.5. The van der Waals surface area contributed by atoms with Gasteiger partial charge in [-0.25, -0.2) is 0 Å². The minimum atomic E-state index is 0.207. The minimum Gasteiger partial charge on any atom is -0.500 e. The maximum absolute atomic E-state index is 11.4. The molecule has 1 aliphatic heterocycles. The molecule has 0 unspecified atom stereocenters. The van der Waals surface area contributed by atoms with Crippen LogP contribution in [0.15, 0.2) is 65.0 Å². The number of Topliss-reactive ketones (excluding diaryl/α,β-unsaturated/α-hetero) is 1. The molecule has 3 rings (SSSR count). The monoisotopic (exact) mass is 396 g/mol. The van der Waals surface area contributed by atoms with Crippen LogP contribution in [0.2, 0.25) is 0 Å². The summed E-state index contributed by atoms with van der Waals surface area (Å²) in [6.07, 6.45) is 11.1. The third-order valence-electron chi connectivity index (χ3n) is 4.93. The highest BCUT2D eigenvalue weighted by Gasteiger charge is 2.21. The number of benzene rings is 1. The van der Waals surface area contributed by atoms with Crippen molar-refractivity contribution in [3.05, 3.63) is 60.6 Å². The summed E-state index contributed by atoms with van der Waals surface area (Å²) >= 11 is 0. The summed E-state index contributed by atoms with van der Waals surface area (Å²) in [6, 6.07) is 7.53. The number of rotatable bonds is 9. The Labute approximate surface area is 171 Å². The molecule has 1 saturated heterocycles. The number of fused-ring (bicyclic) bond motifs is 1. The second kappa shape index (κ2) is 10.6. The number of hydrogen-bond acceptors (Lipinski definition) is 6. The molecule has 154 valence electrons. The van der Waals surface area contributed by atoms with E-state index in [4.69, 9.17) is 13.9 Å². The third-order valence-corrected chi connectivity index (χ3v) is 4.93. The van der Waals surface area contributed by atoms with E-state index in [1.807, 2.05) is 43.3 Å². The smallest absolute Gasteiger partial charge is 0.400 e. The van der Waals surface area contributed by atoms with Crippen LogP contribution in [-0.2, 0) is 9.53 Å². The molecule has 29 heavy (non-hydrogen) atoms. The van der Waals surface area contributed by atoms with Crippen molar-refractivity contribution >= 4 is 16.9 Å². The molecule has 1 aromatic heterocycles. The number of allylic oxidation sites excluding steroid dienone is 4. The first-order valence-corrected chi connectivity index (χ1v) is 10.0. The summed E-state index contributed by atoms with van der Waals surface area (Å²) in [5.41, 5.74) is 1.45. The predicted molar refractivity (Wildman–Crippen MR) is 112 cm³/mol. The van der Waals surface area contributed by atoms with E-state index in [0.29, 0.717) is 23.7 Å². The molecule has 0 atom stereocenters. The molecule has 0 spiro atoms. The Morgan fingerprint density at radius 3 is 2.83 bits per heavy atom. The van der Waals surface area contributed by atoms with E-state index in [0.717, 1.165) is 38.0 Å². The van der Waals surface area contributed by atoms with E-state index in [-0.39, 0.29) is 12.0 Å². The van der Waals surface area contributed by atoms with Crippen molar-refractivity contribution in [2.24, 2.45) is 5.92 Å². The molecule has 0 bridgehead atoms. The lowest BCUT2D eigenvalue weighted by molar-refractivity contribution is -0.122. The van der Waals surface area contributed by atoms with E-state index in [2.05, 4.69) is 9.88 Å². The SMILES string of the molecule is C\C=C/C(=C\C=C\OCCN1CCC(C(C)=O)CC1)Oc1nc2ccccc2o1. The number of para-hydroxylation sites is 2. The summed E-state index contributed by atoms with van der Waals surface area (Å²) in [7, 11) is 0. The zero-order valence-corrected chi connectivity index (χ0v) is 17.0. The Balaban J connectivity index is 1.44. The average molecular weight is 396 g/mol. The second-order valence-electron chi connectivity index (χ2n) is 7.04. The summed E-state index contributed by atoms with van der Waals surface area (Å²) in [5, 5.41) is 0. The van der Waals surface area contributed by atoms with Crippen LogP contribution in [0, 0.1) is 5.92 Å². The van der Waals surface area contributed by atoms with Gasteiger partial charge < -0.3 is 13.9 Å². The number of nitrogens with zero attached hydrogens (tertiary/aromatic N) is 2. The van der Waals surface area contributed by atoms with Crippen molar-refractivity contribution in [2.75, 3.05) is 26.2 Å². The molecule has 0 saturated carbocycles. The lowest BCUT2D eigenvalue weighted by Gasteiger charge is -2.30. The standard InChI is InChI=1S/C23H28N2O4/c1-3-7-20(28-23-24-21-9-4-5-10-22(21)29-23)8-6-16-27-17-15-25-13-11-19(12-14-25)18(2)26/h3-10,16,19H,11-15,17H2,1-2H3/b7-3-,16-6+,20-8+. The number of hydrogen-bond donors (Lipinski definition) is 0. The molecule has 0 N–H and O–H groups in total. The molecule has 6 heteroatoms. The van der Waals surface area contributed by atoms with E-state index in [9.17, 15) is 4.79 Å². The predicted octanol–water partition coefficient (Wildman–Crippen LogP) is 4.50. The van der Waals surface area contributed by atoms with Gasteiger partial charge in [-0.3, -0.25) is 9.69 Å². The van der Waals surface area contributed by atoms with Crippen LogP contribution < -0.4 is 4.74 Å². The van der Waals surface area contributed by atoms with Gasteiger partial charge in [0.05, 0.1) is 12.9 Å². The Bertz CT molecular complexity index is 856. The first-order chi connectivity index (χ1) is 14.2. The van der Waals surface area contributed by atoms with Gasteiger partial charge in [0.2, 0.25) is 0 Å². The molecular weight excluding hydrogens is 368 g/mol. The van der Waals surface area contributed by atoms with Gasteiger partial charge in [-0.1, -0.05) is 18.2 Å². The number of oxazole rings is 1. The average Bonchev–Trinajstić information content (AvgIpc) is 3.13. The van der Waals surface area contributed by atoms with E-state index in [1.54, 1.807) is 25.3 Å². The van der Waals surface area contributed by atoms with Crippen LogP contribution >= 0.6 is 0 Å². The molecule has 0 radical (unpaired) electrons. The van der Waals surface area contributed by atoms with E-state index < -0.39 is 0 Å². The lowest BCUT2D eigenvalue weighted by atomic mass is 9.93. The first-order valence-electron chi connectivity index (χ1n) is 10.0. The topological polar surface area (TPSA) is 64.8 Å². The van der Waals surface area contributed by atoms with E-state index in [1.165, 1.54) is 0 Å². The van der Waals surface area contributed by atoms with Crippen molar-refractivity contribution in [1.29, 1.82) is 0 Å². The van der Waals surface area contributed by atoms with Gasteiger partial charge in [-0.2, -0.15) is 4.98 Å². The fourth-order valence-electron chi connectivity index (χ4n) is 3.29. The third kappa shape index (κ3) is 6.32. The van der Waals surface area contributed by atoms with Crippen molar-refractivity contribution in [3.8, 4) is 6.08 Å². The summed E-state index contributed by atoms with van der Waals surface area (Å²) in [5.74, 6) is 1.15. The number of likely N-dealkylation sites (tertiary alicyclic amines) is 1. The molecular formula is C23H28N2O4. The normalized spacial score (nSPS) is 16.8. The van der Waals surface area contributed by atoms with E-state index >= 15 is 0 Å². The minimum absolute atomic E-state index is 0.207. The van der Waals surface area contributed by atoms with Gasteiger partial charge in [-0.15, -0.1) is 0 Å². The Morgan fingerprint density at radius 1 is 1.31 bits per heavy atom. The van der Waals surface area contributed by atoms with Crippen LogP contribution in [0.25, 0.3) is 11.1 Å². The molecule has 1 fully saturated rings. The van der Waals surface area contributed by atoms with Crippen LogP contribution in [0.1, 0.15) is 26.7 Å². The van der Waals surface area contributed by atoms with Gasteiger partial charge in [0, 0.05) is 12.5 Å². The molecule has 1 aromatic carbocycles. The van der Waals surface area contributed by atoms with Crippen LogP contribution in [-0.4, -0.2) is 41.9 Å². The quantitative estimate of drug-likeness (QED) is 0.353. The van der Waals surface area contributed by atoms with Gasteiger partial charge in [0.15, 0.2) is 5.58 Å². The van der Waals surface area contributed by atoms with Gasteiger partial charge >= 0.3 is 6.08 Å². The molecule has 2 aromatic rings. The summed E-state index contributed by atoms with van der Waals surface area (Å²) in [4.78, 5) is 18.1. The van der Waals surface area contributed by atoms with Crippen LogP contribution in [0.3, 0.4) is 0 Å². The van der Waals surface area contributed by atoms with Crippen LogP contribution in [0.5, 0.6) is 6.08 Å². The second-order valence-corrected chi connectivity index (χ2v) is 7.04. The molecule has 2 heterocycles. The largest absolute Gasteiger partial charge is 0.500 e. The number of carbonyl (C=O) groups is 1. The maximum atomic E-state index is 11.4. The number of ether oxygens (including phenoxy) is 2. The zero-order valence-electron chi connectivity index (χ0n) is 17.0. The summed E-state index contributed by atoms with van der Waals surface area (Å²) < 4.78 is 16.9.